The number of carbonyl (C=O) groups excluding carboxylic acids is 1. The first-order chi connectivity index (χ1) is 30.0. The van der Waals surface area contributed by atoms with Gasteiger partial charge in [0.25, 0.3) is 0 Å². The lowest BCUT2D eigenvalue weighted by atomic mass is 10.0. The third-order valence-electron chi connectivity index (χ3n) is 12.2. The maximum atomic E-state index is 12.9. The number of phosphoric acid groups is 1. The molecular formula is C53H106N2O6P+. The monoisotopic (exact) mass is 898 g/mol. The molecule has 62 heavy (non-hydrogen) atoms. The van der Waals surface area contributed by atoms with Gasteiger partial charge in [0.15, 0.2) is 0 Å². The number of allylic oxidation sites excluding steroid dienone is 4. The molecule has 0 aliphatic rings. The van der Waals surface area contributed by atoms with Crippen LogP contribution in [-0.2, 0) is 18.4 Å². The van der Waals surface area contributed by atoms with Crippen molar-refractivity contribution in [1.29, 1.82) is 0 Å². The summed E-state index contributed by atoms with van der Waals surface area (Å²) in [5.41, 5.74) is 0. The quantitative estimate of drug-likeness (QED) is 0.0243. The van der Waals surface area contributed by atoms with Crippen LogP contribution in [0.15, 0.2) is 24.3 Å². The molecule has 0 radical (unpaired) electrons. The van der Waals surface area contributed by atoms with Crippen LogP contribution < -0.4 is 5.32 Å². The Kier molecular flexibility index (Phi) is 44.4. The second-order valence-corrected chi connectivity index (χ2v) is 21.1. The van der Waals surface area contributed by atoms with E-state index in [1.165, 1.54) is 186 Å². The fourth-order valence-corrected chi connectivity index (χ4v) is 8.70. The molecule has 3 unspecified atom stereocenters. The second kappa shape index (κ2) is 45.1. The predicted octanol–water partition coefficient (Wildman–Crippen LogP) is 15.6. The molecule has 8 nitrogen and oxygen atoms in total. The van der Waals surface area contributed by atoms with Crippen LogP contribution >= 0.6 is 7.82 Å². The number of unbranched alkanes of at least 4 members (excludes halogenated alkanes) is 32. The van der Waals surface area contributed by atoms with Crippen LogP contribution in [0.5, 0.6) is 0 Å². The van der Waals surface area contributed by atoms with Gasteiger partial charge in [-0.05, 0) is 44.9 Å². The van der Waals surface area contributed by atoms with Crippen molar-refractivity contribution in [2.45, 2.75) is 270 Å². The van der Waals surface area contributed by atoms with Crippen LogP contribution in [0, 0.1) is 0 Å². The van der Waals surface area contributed by atoms with Crippen molar-refractivity contribution in [3.63, 3.8) is 0 Å². The molecule has 0 aromatic carbocycles. The van der Waals surface area contributed by atoms with Gasteiger partial charge in [0, 0.05) is 6.42 Å². The smallest absolute Gasteiger partial charge is 0.391 e. The van der Waals surface area contributed by atoms with Crippen LogP contribution in [0.25, 0.3) is 0 Å². The number of carbonyl (C=O) groups is 1. The maximum Gasteiger partial charge on any atom is 0.472 e. The molecule has 0 fully saturated rings. The van der Waals surface area contributed by atoms with E-state index in [0.29, 0.717) is 23.9 Å². The Morgan fingerprint density at radius 1 is 0.548 bits per heavy atom. The summed E-state index contributed by atoms with van der Waals surface area (Å²) in [7, 11) is 1.62. The molecule has 368 valence electrons. The molecule has 0 aromatic rings. The lowest BCUT2D eigenvalue weighted by Crippen LogP contribution is -2.46. The first-order valence-corrected chi connectivity index (χ1v) is 28.2. The van der Waals surface area contributed by atoms with E-state index >= 15 is 0 Å². The fraction of sp³-hybridized carbons (Fsp3) is 0.906. The molecule has 0 spiro atoms. The Morgan fingerprint density at radius 2 is 0.919 bits per heavy atom. The Bertz CT molecular complexity index is 1060. The van der Waals surface area contributed by atoms with E-state index in [9.17, 15) is 19.4 Å². The average molecular weight is 898 g/mol. The highest BCUT2D eigenvalue weighted by Crippen LogP contribution is 2.43. The molecule has 0 aliphatic carbocycles. The van der Waals surface area contributed by atoms with Crippen LogP contribution in [-0.4, -0.2) is 73.4 Å². The summed E-state index contributed by atoms with van der Waals surface area (Å²) in [5.74, 6) is -0.142. The van der Waals surface area contributed by atoms with Gasteiger partial charge in [-0.3, -0.25) is 13.8 Å². The van der Waals surface area contributed by atoms with Gasteiger partial charge < -0.3 is 19.8 Å². The molecule has 3 N–H and O–H groups in total. The highest BCUT2D eigenvalue weighted by molar-refractivity contribution is 7.47. The van der Waals surface area contributed by atoms with Gasteiger partial charge in [0.1, 0.15) is 13.2 Å². The zero-order valence-corrected chi connectivity index (χ0v) is 42.8. The summed E-state index contributed by atoms with van der Waals surface area (Å²) in [4.78, 5) is 23.2. The van der Waals surface area contributed by atoms with Crippen molar-refractivity contribution in [2.24, 2.45) is 0 Å². The maximum absolute atomic E-state index is 12.9. The Labute approximate surface area is 385 Å². The summed E-state index contributed by atoms with van der Waals surface area (Å²) >= 11 is 0. The number of aliphatic hydroxyl groups is 1. The minimum absolute atomic E-state index is 0.0764. The van der Waals surface area contributed by atoms with E-state index in [1.54, 1.807) is 0 Å². The van der Waals surface area contributed by atoms with Crippen LogP contribution in [0.3, 0.4) is 0 Å². The van der Waals surface area contributed by atoms with Gasteiger partial charge in [-0.15, -0.1) is 0 Å². The van der Waals surface area contributed by atoms with Gasteiger partial charge in [-0.2, -0.15) is 0 Å². The van der Waals surface area contributed by atoms with E-state index in [-0.39, 0.29) is 19.1 Å². The summed E-state index contributed by atoms with van der Waals surface area (Å²) < 4.78 is 23.7. The van der Waals surface area contributed by atoms with Crippen molar-refractivity contribution >= 4 is 13.7 Å². The number of nitrogens with zero attached hydrogens (tertiary/aromatic N) is 1. The van der Waals surface area contributed by atoms with Gasteiger partial charge in [-0.25, -0.2) is 4.57 Å². The summed E-state index contributed by atoms with van der Waals surface area (Å²) in [5, 5.41) is 14.0. The summed E-state index contributed by atoms with van der Waals surface area (Å²) in [6.07, 6.45) is 55.2. The van der Waals surface area contributed by atoms with Gasteiger partial charge in [-0.1, -0.05) is 231 Å². The lowest BCUT2D eigenvalue weighted by molar-refractivity contribution is -0.870. The molecule has 0 saturated heterocycles. The molecular weight excluding hydrogens is 792 g/mol. The zero-order chi connectivity index (χ0) is 45.7. The highest BCUT2D eigenvalue weighted by Gasteiger charge is 2.28. The average Bonchev–Trinajstić information content (AvgIpc) is 3.23. The normalized spacial score (nSPS) is 14.2. The van der Waals surface area contributed by atoms with Crippen molar-refractivity contribution in [2.75, 3.05) is 40.9 Å². The number of likely N-dealkylation sites (N-methyl/N-ethyl adjacent to an activating group) is 1. The number of rotatable bonds is 49. The number of amides is 1. The predicted molar refractivity (Wildman–Crippen MR) is 268 cm³/mol. The lowest BCUT2D eigenvalue weighted by Gasteiger charge is -2.26. The molecule has 0 heterocycles. The van der Waals surface area contributed by atoms with Gasteiger partial charge in [0.2, 0.25) is 5.91 Å². The highest BCUT2D eigenvalue weighted by atomic mass is 31.2. The molecule has 9 heteroatoms. The van der Waals surface area contributed by atoms with Crippen LogP contribution in [0.2, 0.25) is 0 Å². The first kappa shape index (κ1) is 61.0. The third-order valence-corrected chi connectivity index (χ3v) is 13.2. The van der Waals surface area contributed by atoms with Crippen LogP contribution in [0.1, 0.15) is 258 Å². The molecule has 0 aromatic heterocycles. The minimum Gasteiger partial charge on any atom is -0.391 e. The fourth-order valence-electron chi connectivity index (χ4n) is 7.96. The molecule has 0 bridgehead atoms. The topological polar surface area (TPSA) is 105 Å². The van der Waals surface area contributed by atoms with E-state index in [0.717, 1.165) is 44.9 Å². The standard InChI is InChI=1S/C53H105N2O6P/c1-6-8-10-12-14-16-18-19-20-21-22-23-24-25-26-27-28-29-30-31-32-33-34-35-37-39-41-43-45-47-53(57)54-51(50-61-62(58,59)60-49-48-55(3,4)5)52(56)46-44-42-40-38-36-17-15-13-11-9-7-2/h18-19,21-22,51-52,56H,6-17,20,23-50H2,1-5H3,(H-,54,57,58,59)/p+1/b19-18-,22-21-. The number of phosphoric ester groups is 1. The van der Waals surface area contributed by atoms with Crippen molar-refractivity contribution < 1.29 is 32.9 Å². The Balaban J connectivity index is 4.02. The Hall–Kier alpha value is -1.02. The molecule has 3 atom stereocenters. The number of aliphatic hydroxyl groups excluding tert-OH is 1. The van der Waals surface area contributed by atoms with Crippen molar-refractivity contribution in [3.8, 4) is 0 Å². The van der Waals surface area contributed by atoms with Gasteiger partial charge in [0.05, 0.1) is 39.9 Å². The number of quaternary nitrogens is 1. The van der Waals surface area contributed by atoms with E-state index < -0.39 is 20.0 Å². The largest absolute Gasteiger partial charge is 0.472 e. The van der Waals surface area contributed by atoms with Crippen molar-refractivity contribution in [3.05, 3.63) is 24.3 Å². The number of hydrogen-bond acceptors (Lipinski definition) is 5. The molecule has 0 saturated carbocycles. The second-order valence-electron chi connectivity index (χ2n) is 19.6. The van der Waals surface area contributed by atoms with Crippen molar-refractivity contribution in [1.82, 2.24) is 5.32 Å². The summed E-state index contributed by atoms with van der Waals surface area (Å²) in [6, 6.07) is -0.756. The Morgan fingerprint density at radius 3 is 1.32 bits per heavy atom. The third kappa shape index (κ3) is 47.0. The number of hydrogen-bond donors (Lipinski definition) is 3. The first-order valence-electron chi connectivity index (χ1n) is 26.7. The van der Waals surface area contributed by atoms with Gasteiger partial charge >= 0.3 is 7.82 Å². The number of nitrogens with one attached hydrogen (secondary N) is 1. The van der Waals surface area contributed by atoms with E-state index in [2.05, 4.69) is 43.5 Å². The minimum atomic E-state index is -4.31. The molecule has 0 aliphatic heterocycles. The SMILES string of the molecule is CCCCCCC/C=C\C/C=C\CCCCCCCCCCCCCCCCCCCC(=O)NC(COP(=O)(O)OCC[N+](C)(C)C)C(O)CCCCCCCCCCCCC. The van der Waals surface area contributed by atoms with Crippen LogP contribution in [0.4, 0.5) is 0 Å². The molecule has 0 rings (SSSR count). The van der Waals surface area contributed by atoms with E-state index in [4.69, 9.17) is 9.05 Å². The molecule has 1 amide bonds. The zero-order valence-electron chi connectivity index (χ0n) is 41.9. The van der Waals surface area contributed by atoms with E-state index in [1.807, 2.05) is 21.1 Å². The summed E-state index contributed by atoms with van der Waals surface area (Å²) in [6.45, 7) is 4.89.